The molecule has 0 heterocycles. The maximum absolute atomic E-state index is 14.2. The van der Waals surface area contributed by atoms with Gasteiger partial charge in [0.2, 0.25) is 21.8 Å². The molecule has 3 aromatic rings. The van der Waals surface area contributed by atoms with E-state index in [4.69, 9.17) is 0 Å². The van der Waals surface area contributed by atoms with Gasteiger partial charge in [0.1, 0.15) is 12.6 Å². The van der Waals surface area contributed by atoms with Crippen LogP contribution in [0.15, 0.2) is 78.9 Å². The van der Waals surface area contributed by atoms with E-state index in [9.17, 15) is 18.0 Å². The van der Waals surface area contributed by atoms with Gasteiger partial charge in [-0.05, 0) is 83.3 Å². The first-order valence-electron chi connectivity index (χ1n) is 13.5. The molecule has 2 amide bonds. The minimum atomic E-state index is -3.78. The van der Waals surface area contributed by atoms with Crippen LogP contribution in [0.1, 0.15) is 42.4 Å². The van der Waals surface area contributed by atoms with Gasteiger partial charge in [-0.2, -0.15) is 0 Å². The highest BCUT2D eigenvalue weighted by atomic mass is 127. The summed E-state index contributed by atoms with van der Waals surface area (Å²) in [6.07, 6.45) is 5.39. The third-order valence-electron chi connectivity index (χ3n) is 7.37. The molecule has 0 aromatic heterocycles. The Morgan fingerprint density at radius 3 is 2.20 bits per heavy atom. The zero-order valence-corrected chi connectivity index (χ0v) is 25.9. The van der Waals surface area contributed by atoms with Gasteiger partial charge in [-0.25, -0.2) is 8.42 Å². The predicted molar refractivity (Wildman–Crippen MR) is 167 cm³/mol. The van der Waals surface area contributed by atoms with Crippen molar-refractivity contribution in [1.29, 1.82) is 0 Å². The molecule has 212 valence electrons. The Bertz CT molecular complexity index is 1410. The number of aryl methyl sites for hydroxylation is 1. The number of nitrogens with zero attached hydrogens (tertiary/aromatic N) is 2. The van der Waals surface area contributed by atoms with Gasteiger partial charge in [0.25, 0.3) is 0 Å². The van der Waals surface area contributed by atoms with E-state index in [1.807, 2.05) is 61.5 Å². The summed E-state index contributed by atoms with van der Waals surface area (Å²) >= 11 is 2.15. The van der Waals surface area contributed by atoms with Gasteiger partial charge in [-0.3, -0.25) is 13.9 Å². The maximum atomic E-state index is 14.2. The Morgan fingerprint density at radius 2 is 1.57 bits per heavy atom. The number of carbonyl (C=O) groups excluding carboxylic acids is 2. The van der Waals surface area contributed by atoms with Crippen molar-refractivity contribution in [3.63, 3.8) is 0 Å². The highest BCUT2D eigenvalue weighted by Gasteiger charge is 2.34. The van der Waals surface area contributed by atoms with Crippen LogP contribution < -0.4 is 9.62 Å². The second-order valence-electron chi connectivity index (χ2n) is 10.4. The lowest BCUT2D eigenvalue weighted by atomic mass is 10.0. The van der Waals surface area contributed by atoms with Crippen molar-refractivity contribution >= 4 is 50.1 Å². The van der Waals surface area contributed by atoms with Crippen molar-refractivity contribution in [2.45, 2.75) is 57.7 Å². The highest BCUT2D eigenvalue weighted by Crippen LogP contribution is 2.23. The Kier molecular flexibility index (Phi) is 10.2. The van der Waals surface area contributed by atoms with Crippen LogP contribution in [-0.4, -0.2) is 50.0 Å². The van der Waals surface area contributed by atoms with Crippen LogP contribution in [0.2, 0.25) is 0 Å². The molecule has 40 heavy (non-hydrogen) atoms. The van der Waals surface area contributed by atoms with Gasteiger partial charge < -0.3 is 10.2 Å². The van der Waals surface area contributed by atoms with Gasteiger partial charge in [-0.1, -0.05) is 67.4 Å². The topological polar surface area (TPSA) is 86.8 Å². The van der Waals surface area contributed by atoms with Gasteiger partial charge in [0, 0.05) is 22.6 Å². The van der Waals surface area contributed by atoms with Crippen LogP contribution in [-0.2, 0) is 32.6 Å². The predicted octanol–water partition coefficient (Wildman–Crippen LogP) is 5.06. The van der Waals surface area contributed by atoms with E-state index in [1.165, 1.54) is 0 Å². The Hall–Kier alpha value is -2.92. The van der Waals surface area contributed by atoms with Crippen molar-refractivity contribution in [3.05, 3.63) is 99.1 Å². The Labute approximate surface area is 251 Å². The average Bonchev–Trinajstić information content (AvgIpc) is 3.44. The number of sulfonamides is 1. The van der Waals surface area contributed by atoms with Crippen molar-refractivity contribution in [1.82, 2.24) is 10.2 Å². The number of rotatable bonds is 11. The van der Waals surface area contributed by atoms with Gasteiger partial charge >= 0.3 is 0 Å². The first-order valence-corrected chi connectivity index (χ1v) is 16.5. The molecule has 1 aliphatic rings. The van der Waals surface area contributed by atoms with E-state index in [0.717, 1.165) is 56.5 Å². The summed E-state index contributed by atoms with van der Waals surface area (Å²) in [6, 6.07) is 23.6. The molecule has 0 spiro atoms. The molecule has 1 N–H and O–H groups in total. The van der Waals surface area contributed by atoms with Crippen molar-refractivity contribution in [3.8, 4) is 0 Å². The number of hydrogen-bond acceptors (Lipinski definition) is 4. The molecular weight excluding hydrogens is 637 g/mol. The fraction of sp³-hybridized carbons (Fsp3) is 0.355. The van der Waals surface area contributed by atoms with E-state index >= 15 is 0 Å². The van der Waals surface area contributed by atoms with Crippen LogP contribution in [0.3, 0.4) is 0 Å². The maximum Gasteiger partial charge on any atom is 0.244 e. The zero-order valence-electron chi connectivity index (χ0n) is 22.9. The summed E-state index contributed by atoms with van der Waals surface area (Å²) < 4.78 is 27.8. The van der Waals surface area contributed by atoms with E-state index < -0.39 is 28.5 Å². The molecule has 0 aliphatic heterocycles. The number of nitrogens with one attached hydrogen (secondary N) is 1. The normalized spacial score (nSPS) is 14.5. The molecule has 0 unspecified atom stereocenters. The number of benzene rings is 3. The number of anilines is 1. The molecule has 0 bridgehead atoms. The summed E-state index contributed by atoms with van der Waals surface area (Å²) in [5.74, 6) is -0.646. The number of halogens is 1. The summed E-state index contributed by atoms with van der Waals surface area (Å²) in [4.78, 5) is 29.6. The molecule has 0 radical (unpaired) electrons. The molecule has 7 nitrogen and oxygen atoms in total. The van der Waals surface area contributed by atoms with Crippen molar-refractivity contribution in [2.24, 2.45) is 0 Å². The highest BCUT2D eigenvalue weighted by molar-refractivity contribution is 14.1. The Morgan fingerprint density at radius 1 is 0.950 bits per heavy atom. The lowest BCUT2D eigenvalue weighted by molar-refractivity contribution is -0.140. The lowest BCUT2D eigenvalue weighted by Crippen LogP contribution is -2.54. The first-order chi connectivity index (χ1) is 19.1. The molecule has 1 atom stereocenters. The van der Waals surface area contributed by atoms with E-state index in [0.29, 0.717) is 12.1 Å². The van der Waals surface area contributed by atoms with Crippen LogP contribution in [0.25, 0.3) is 0 Å². The summed E-state index contributed by atoms with van der Waals surface area (Å²) in [6.45, 7) is 1.75. The van der Waals surface area contributed by atoms with Crippen LogP contribution in [0.5, 0.6) is 0 Å². The van der Waals surface area contributed by atoms with Gasteiger partial charge in [-0.15, -0.1) is 0 Å². The second kappa shape index (κ2) is 13.6. The molecule has 0 saturated heterocycles. The standard InChI is InChI=1S/C31H36IN3O4S/c1-23-10-6-7-13-25(23)21-34(30(36)22-35(40(2,38)39)28-18-16-26(32)17-19-28)29(20-24-11-4-3-5-12-24)31(37)33-27-14-8-9-15-27/h3-7,10-13,16-19,27,29H,8-9,14-15,20-22H2,1-2H3,(H,33,37)/t29-/m1/s1. The minimum Gasteiger partial charge on any atom is -0.352 e. The third kappa shape index (κ3) is 8.06. The van der Waals surface area contributed by atoms with Gasteiger partial charge in [0.05, 0.1) is 11.9 Å². The Balaban J connectivity index is 1.72. The molecule has 1 aliphatic carbocycles. The fourth-order valence-corrected chi connectivity index (χ4v) is 6.32. The van der Waals surface area contributed by atoms with E-state index in [2.05, 4.69) is 27.9 Å². The largest absolute Gasteiger partial charge is 0.352 e. The molecule has 4 rings (SSSR count). The quantitative estimate of drug-likeness (QED) is 0.289. The van der Waals surface area contributed by atoms with Crippen molar-refractivity contribution in [2.75, 3.05) is 17.1 Å². The minimum absolute atomic E-state index is 0.0838. The summed E-state index contributed by atoms with van der Waals surface area (Å²) in [7, 11) is -3.78. The first kappa shape index (κ1) is 30.0. The number of carbonyl (C=O) groups is 2. The second-order valence-corrected chi connectivity index (χ2v) is 13.5. The van der Waals surface area contributed by atoms with Crippen LogP contribution >= 0.6 is 22.6 Å². The summed E-state index contributed by atoms with van der Waals surface area (Å²) in [5, 5.41) is 3.19. The fourth-order valence-electron chi connectivity index (χ4n) is 5.11. The third-order valence-corrected chi connectivity index (χ3v) is 9.23. The SMILES string of the molecule is Cc1ccccc1CN(C(=O)CN(c1ccc(I)cc1)S(C)(=O)=O)[C@H](Cc1ccccc1)C(=O)NC1CCCC1. The number of amides is 2. The monoisotopic (exact) mass is 673 g/mol. The smallest absolute Gasteiger partial charge is 0.244 e. The zero-order chi connectivity index (χ0) is 28.7. The number of hydrogen-bond donors (Lipinski definition) is 1. The lowest BCUT2D eigenvalue weighted by Gasteiger charge is -2.34. The molecular formula is C31H36IN3O4S. The summed E-state index contributed by atoms with van der Waals surface area (Å²) in [5.41, 5.74) is 3.23. The van der Waals surface area contributed by atoms with Crippen molar-refractivity contribution < 1.29 is 18.0 Å². The average molecular weight is 674 g/mol. The van der Waals surface area contributed by atoms with E-state index in [-0.39, 0.29) is 18.5 Å². The van der Waals surface area contributed by atoms with Crippen LogP contribution in [0.4, 0.5) is 5.69 Å². The van der Waals surface area contributed by atoms with E-state index in [1.54, 1.807) is 29.2 Å². The molecule has 3 aromatic carbocycles. The molecule has 9 heteroatoms. The molecule has 1 fully saturated rings. The van der Waals surface area contributed by atoms with Gasteiger partial charge in [0.15, 0.2) is 0 Å². The van der Waals surface area contributed by atoms with Crippen LogP contribution in [0, 0.1) is 10.5 Å². The molecule has 1 saturated carbocycles.